The summed E-state index contributed by atoms with van der Waals surface area (Å²) in [5.74, 6) is -0.762. The molecule has 174 valence electrons. The minimum absolute atomic E-state index is 0.0520. The normalized spacial score (nSPS) is 19.4. The molecule has 2 aromatic heterocycles. The second-order valence-electron chi connectivity index (χ2n) is 8.95. The molecule has 3 heterocycles. The van der Waals surface area contributed by atoms with Gasteiger partial charge in [-0.3, -0.25) is 4.79 Å². The maximum atomic E-state index is 13.7. The highest BCUT2D eigenvalue weighted by molar-refractivity contribution is 7.91. The lowest BCUT2D eigenvalue weighted by Crippen LogP contribution is -2.47. The Balaban J connectivity index is 1.59. The van der Waals surface area contributed by atoms with Crippen molar-refractivity contribution in [1.29, 1.82) is 0 Å². The summed E-state index contributed by atoms with van der Waals surface area (Å²) in [6.07, 6.45) is 1.93. The number of halogens is 1. The number of rotatable bonds is 5. The fraction of sp³-hybridized carbons (Fsp3) is 0.240. The van der Waals surface area contributed by atoms with Crippen LogP contribution in [0, 0.1) is 5.82 Å². The van der Waals surface area contributed by atoms with Crippen LogP contribution in [0.1, 0.15) is 29.3 Å². The van der Waals surface area contributed by atoms with E-state index in [-0.39, 0.29) is 29.8 Å². The van der Waals surface area contributed by atoms with Gasteiger partial charge in [0.15, 0.2) is 15.5 Å². The molecule has 1 unspecified atom stereocenters. The molecule has 9 heteroatoms. The van der Waals surface area contributed by atoms with Crippen LogP contribution in [-0.2, 0) is 16.4 Å². The van der Waals surface area contributed by atoms with Crippen molar-refractivity contribution in [1.82, 2.24) is 20.1 Å². The molecule has 1 aliphatic heterocycles. The average Bonchev–Trinajstić information content (AvgIpc) is 3.32. The Morgan fingerprint density at radius 3 is 2.65 bits per heavy atom. The number of amides is 1. The fourth-order valence-electron chi connectivity index (χ4n) is 4.37. The molecule has 0 saturated carbocycles. The molecule has 1 saturated heterocycles. The Morgan fingerprint density at radius 1 is 1.15 bits per heavy atom. The Kier molecular flexibility index (Phi) is 5.44. The van der Waals surface area contributed by atoms with Crippen molar-refractivity contribution in [3.8, 4) is 11.3 Å². The summed E-state index contributed by atoms with van der Waals surface area (Å²) in [4.78, 5) is 18.2. The molecular weight excluding hydrogens is 455 g/mol. The molecule has 2 aromatic carbocycles. The van der Waals surface area contributed by atoms with Gasteiger partial charge in [0.2, 0.25) is 0 Å². The molecule has 4 aromatic rings. The number of sulfone groups is 1. The van der Waals surface area contributed by atoms with Crippen LogP contribution in [0.5, 0.6) is 0 Å². The number of nitrogens with one attached hydrogen (secondary N) is 1. The number of carbonyl (C=O) groups excluding carboxylic acids is 1. The number of carbonyl (C=O) groups is 1. The minimum Gasteiger partial charge on any atom is -0.346 e. The smallest absolute Gasteiger partial charge is 0.252 e. The zero-order chi connectivity index (χ0) is 23.9. The van der Waals surface area contributed by atoms with E-state index in [4.69, 9.17) is 4.98 Å². The standard InChI is InChI=1S/C25H23FN4O3S/c1-25(10-11-34(32,33)16-25)29-24(31)20-13-22(18-7-3-2-4-8-18)28-23-21(20)14-27-30(23)15-17-6-5-9-19(26)12-17/h2-9,12-14H,10-11,15-16H2,1H3,(H,29,31). The fourth-order valence-corrected chi connectivity index (χ4v) is 6.46. The first-order valence-corrected chi connectivity index (χ1v) is 12.7. The predicted octanol–water partition coefficient (Wildman–Crippen LogP) is 3.59. The Bertz CT molecular complexity index is 1500. The summed E-state index contributed by atoms with van der Waals surface area (Å²) < 4.78 is 39.4. The van der Waals surface area contributed by atoms with Crippen LogP contribution < -0.4 is 5.32 Å². The molecule has 5 rings (SSSR count). The van der Waals surface area contributed by atoms with E-state index < -0.39 is 15.4 Å². The molecular formula is C25H23FN4O3S. The van der Waals surface area contributed by atoms with E-state index >= 15 is 0 Å². The summed E-state index contributed by atoms with van der Waals surface area (Å²) in [5.41, 5.74) is 2.14. The SMILES string of the molecule is CC1(NC(=O)c2cc(-c3ccccc3)nc3c2cnn3Cc2cccc(F)c2)CCS(=O)(=O)C1. The molecule has 0 aliphatic carbocycles. The maximum absolute atomic E-state index is 13.7. The largest absolute Gasteiger partial charge is 0.346 e. The zero-order valence-corrected chi connectivity index (χ0v) is 19.3. The summed E-state index contributed by atoms with van der Waals surface area (Å²) in [6.45, 7) is 2.03. The molecule has 1 N–H and O–H groups in total. The van der Waals surface area contributed by atoms with E-state index in [1.807, 2.05) is 30.3 Å². The van der Waals surface area contributed by atoms with Gasteiger partial charge >= 0.3 is 0 Å². The lowest BCUT2D eigenvalue weighted by molar-refractivity contribution is 0.0917. The Labute approximate surface area is 196 Å². The van der Waals surface area contributed by atoms with Crippen LogP contribution in [0.15, 0.2) is 66.9 Å². The van der Waals surface area contributed by atoms with E-state index in [2.05, 4.69) is 10.4 Å². The first kappa shape index (κ1) is 22.2. The second kappa shape index (κ2) is 8.32. The predicted molar refractivity (Wildman–Crippen MR) is 128 cm³/mol. The highest BCUT2D eigenvalue weighted by Gasteiger charge is 2.40. The molecule has 7 nitrogen and oxygen atoms in total. The minimum atomic E-state index is -3.18. The first-order valence-electron chi connectivity index (χ1n) is 10.9. The van der Waals surface area contributed by atoms with Crippen LogP contribution in [0.25, 0.3) is 22.3 Å². The van der Waals surface area contributed by atoms with Crippen molar-refractivity contribution in [3.63, 3.8) is 0 Å². The van der Waals surface area contributed by atoms with Gasteiger partial charge < -0.3 is 5.32 Å². The van der Waals surface area contributed by atoms with E-state index in [1.165, 1.54) is 12.1 Å². The third-order valence-corrected chi connectivity index (χ3v) is 7.97. The van der Waals surface area contributed by atoms with Gasteiger partial charge in [0.05, 0.1) is 46.4 Å². The van der Waals surface area contributed by atoms with Gasteiger partial charge in [-0.1, -0.05) is 42.5 Å². The van der Waals surface area contributed by atoms with Crippen LogP contribution >= 0.6 is 0 Å². The summed E-state index contributed by atoms with van der Waals surface area (Å²) >= 11 is 0. The van der Waals surface area contributed by atoms with Crippen molar-refractivity contribution in [2.24, 2.45) is 0 Å². The van der Waals surface area contributed by atoms with Crippen LogP contribution in [0.3, 0.4) is 0 Å². The molecule has 1 aliphatic rings. The van der Waals surface area contributed by atoms with Crippen LogP contribution in [0.4, 0.5) is 4.39 Å². The monoisotopic (exact) mass is 478 g/mol. The van der Waals surface area contributed by atoms with E-state index in [1.54, 1.807) is 36.0 Å². The summed E-state index contributed by atoms with van der Waals surface area (Å²) in [6, 6.07) is 17.4. The highest BCUT2D eigenvalue weighted by atomic mass is 32.2. The number of fused-ring (bicyclic) bond motifs is 1. The van der Waals surface area contributed by atoms with Gasteiger partial charge in [0.25, 0.3) is 5.91 Å². The first-order chi connectivity index (χ1) is 16.2. The second-order valence-corrected chi connectivity index (χ2v) is 11.1. The van der Waals surface area contributed by atoms with Crippen molar-refractivity contribution >= 4 is 26.8 Å². The number of nitrogens with zero attached hydrogens (tertiary/aromatic N) is 3. The Hall–Kier alpha value is -3.59. The third-order valence-electron chi connectivity index (χ3n) is 6.06. The van der Waals surface area contributed by atoms with Gasteiger partial charge in [0, 0.05) is 5.56 Å². The quantitative estimate of drug-likeness (QED) is 0.473. The van der Waals surface area contributed by atoms with Gasteiger partial charge in [-0.2, -0.15) is 5.10 Å². The van der Waals surface area contributed by atoms with Crippen molar-refractivity contribution in [3.05, 3.63) is 83.8 Å². The number of benzene rings is 2. The molecule has 0 bridgehead atoms. The van der Waals surface area contributed by atoms with E-state index in [9.17, 15) is 17.6 Å². The van der Waals surface area contributed by atoms with E-state index in [0.717, 1.165) is 5.56 Å². The van der Waals surface area contributed by atoms with Crippen molar-refractivity contribution in [2.45, 2.75) is 25.4 Å². The molecule has 1 atom stereocenters. The number of hydrogen-bond donors (Lipinski definition) is 1. The van der Waals surface area contributed by atoms with Crippen molar-refractivity contribution in [2.75, 3.05) is 11.5 Å². The number of aromatic nitrogens is 3. The van der Waals surface area contributed by atoms with Crippen LogP contribution in [-0.4, -0.2) is 46.1 Å². The number of hydrogen-bond acceptors (Lipinski definition) is 5. The number of pyridine rings is 1. The van der Waals surface area contributed by atoms with Crippen LogP contribution in [0.2, 0.25) is 0 Å². The molecule has 0 spiro atoms. The summed E-state index contributed by atoms with van der Waals surface area (Å²) in [7, 11) is -3.18. The summed E-state index contributed by atoms with van der Waals surface area (Å²) in [5, 5.41) is 7.90. The van der Waals surface area contributed by atoms with Gasteiger partial charge in [-0.25, -0.2) is 22.5 Å². The maximum Gasteiger partial charge on any atom is 0.252 e. The molecule has 0 radical (unpaired) electrons. The molecule has 1 amide bonds. The zero-order valence-electron chi connectivity index (χ0n) is 18.5. The highest BCUT2D eigenvalue weighted by Crippen LogP contribution is 2.28. The lowest BCUT2D eigenvalue weighted by Gasteiger charge is -2.24. The molecule has 1 fully saturated rings. The average molecular weight is 479 g/mol. The van der Waals surface area contributed by atoms with Gasteiger partial charge in [-0.15, -0.1) is 0 Å². The topological polar surface area (TPSA) is 93.9 Å². The van der Waals surface area contributed by atoms with Crippen molar-refractivity contribution < 1.29 is 17.6 Å². The lowest BCUT2D eigenvalue weighted by atomic mass is 10.0. The Morgan fingerprint density at radius 2 is 1.94 bits per heavy atom. The van der Waals surface area contributed by atoms with Gasteiger partial charge in [0.1, 0.15) is 5.82 Å². The van der Waals surface area contributed by atoms with Gasteiger partial charge in [-0.05, 0) is 37.1 Å². The van der Waals surface area contributed by atoms with E-state index in [0.29, 0.717) is 34.3 Å². The molecule has 34 heavy (non-hydrogen) atoms. The third kappa shape index (κ3) is 4.43.